The Morgan fingerprint density at radius 2 is 2.12 bits per heavy atom. The minimum Gasteiger partial charge on any atom is -0.481 e. The number of nitrogens with one attached hydrogen (secondary N) is 1. The van der Waals surface area contributed by atoms with Crippen molar-refractivity contribution in [3.63, 3.8) is 0 Å². The molecule has 0 spiro atoms. The molecule has 0 heterocycles. The van der Waals surface area contributed by atoms with Crippen molar-refractivity contribution in [2.45, 2.75) is 45.6 Å². The summed E-state index contributed by atoms with van der Waals surface area (Å²) in [5, 5.41) is 11.8. The Kier molecular flexibility index (Phi) is 4.73. The number of hydrogen-bond acceptors (Lipinski definition) is 2. The van der Waals surface area contributed by atoms with Crippen LogP contribution in [0.1, 0.15) is 39.5 Å². The Hall–Kier alpha value is -1.32. The number of aliphatic carboxylic acids is 1. The second-order valence-corrected chi connectivity index (χ2v) is 5.12. The maximum Gasteiger partial charge on any atom is 0.306 e. The molecular formula is C13H21NO3. The SMILES string of the molecule is C=C(C)CC(C)C(=O)N[C@H]1CC[C@@H](C(=O)O)C1. The third-order valence-electron chi connectivity index (χ3n) is 3.23. The van der Waals surface area contributed by atoms with Gasteiger partial charge in [0, 0.05) is 12.0 Å². The van der Waals surface area contributed by atoms with Gasteiger partial charge in [0.05, 0.1) is 5.92 Å². The molecule has 0 saturated heterocycles. The number of rotatable bonds is 5. The van der Waals surface area contributed by atoms with Gasteiger partial charge in [-0.2, -0.15) is 0 Å². The molecule has 1 saturated carbocycles. The second kappa shape index (κ2) is 5.84. The van der Waals surface area contributed by atoms with E-state index in [1.807, 2.05) is 13.8 Å². The number of carbonyl (C=O) groups excluding carboxylic acids is 1. The van der Waals surface area contributed by atoms with E-state index in [-0.39, 0.29) is 23.8 Å². The molecule has 1 aliphatic rings. The molecule has 3 atom stereocenters. The van der Waals surface area contributed by atoms with Crippen molar-refractivity contribution < 1.29 is 14.7 Å². The van der Waals surface area contributed by atoms with Crippen molar-refractivity contribution in [2.75, 3.05) is 0 Å². The topological polar surface area (TPSA) is 66.4 Å². The zero-order chi connectivity index (χ0) is 13.0. The van der Waals surface area contributed by atoms with Gasteiger partial charge >= 0.3 is 5.97 Å². The second-order valence-electron chi connectivity index (χ2n) is 5.12. The average molecular weight is 239 g/mol. The molecule has 0 aliphatic heterocycles. The molecule has 1 rings (SSSR count). The van der Waals surface area contributed by atoms with Crippen LogP contribution in [0, 0.1) is 11.8 Å². The van der Waals surface area contributed by atoms with Gasteiger partial charge < -0.3 is 10.4 Å². The monoisotopic (exact) mass is 239 g/mol. The minimum absolute atomic E-state index is 0.00374. The molecule has 0 radical (unpaired) electrons. The summed E-state index contributed by atoms with van der Waals surface area (Å²) < 4.78 is 0. The van der Waals surface area contributed by atoms with Gasteiger partial charge in [-0.3, -0.25) is 9.59 Å². The number of hydrogen-bond donors (Lipinski definition) is 2. The van der Waals surface area contributed by atoms with Crippen LogP contribution in [-0.4, -0.2) is 23.0 Å². The number of carboxylic acid groups (broad SMARTS) is 1. The van der Waals surface area contributed by atoms with Crippen LogP contribution in [0.3, 0.4) is 0 Å². The van der Waals surface area contributed by atoms with E-state index < -0.39 is 5.97 Å². The molecule has 0 aromatic heterocycles. The van der Waals surface area contributed by atoms with Gasteiger partial charge in [0.25, 0.3) is 0 Å². The highest BCUT2D eigenvalue weighted by Gasteiger charge is 2.31. The molecular weight excluding hydrogens is 218 g/mol. The van der Waals surface area contributed by atoms with Gasteiger partial charge in [0.1, 0.15) is 0 Å². The molecule has 0 aromatic carbocycles. The largest absolute Gasteiger partial charge is 0.481 e. The summed E-state index contributed by atoms with van der Waals surface area (Å²) in [7, 11) is 0. The van der Waals surface area contributed by atoms with Gasteiger partial charge in [-0.1, -0.05) is 12.5 Å². The molecule has 0 aromatic rings. The first-order valence-electron chi connectivity index (χ1n) is 6.07. The molecule has 1 unspecified atom stereocenters. The molecule has 4 nitrogen and oxygen atoms in total. The molecule has 1 aliphatic carbocycles. The number of amides is 1. The van der Waals surface area contributed by atoms with Gasteiger partial charge in [0.2, 0.25) is 5.91 Å². The van der Waals surface area contributed by atoms with Crippen molar-refractivity contribution in [3.8, 4) is 0 Å². The first-order chi connectivity index (χ1) is 7.90. The lowest BCUT2D eigenvalue weighted by Gasteiger charge is -2.16. The average Bonchev–Trinajstić information content (AvgIpc) is 2.65. The van der Waals surface area contributed by atoms with E-state index in [1.54, 1.807) is 0 Å². The molecule has 2 N–H and O–H groups in total. The maximum absolute atomic E-state index is 11.8. The standard InChI is InChI=1S/C13H21NO3/c1-8(2)6-9(3)12(15)14-11-5-4-10(7-11)13(16)17/h9-11H,1,4-7H2,2-3H3,(H,14,15)(H,16,17)/t9?,10-,11+/m1/s1. The molecule has 1 amide bonds. The molecule has 4 heteroatoms. The fourth-order valence-corrected chi connectivity index (χ4v) is 2.30. The van der Waals surface area contributed by atoms with Crippen LogP contribution < -0.4 is 5.32 Å². The van der Waals surface area contributed by atoms with Crippen LogP contribution in [0.25, 0.3) is 0 Å². The highest BCUT2D eigenvalue weighted by molar-refractivity contribution is 5.79. The van der Waals surface area contributed by atoms with Crippen LogP contribution in [0.5, 0.6) is 0 Å². The van der Waals surface area contributed by atoms with Crippen LogP contribution >= 0.6 is 0 Å². The zero-order valence-electron chi connectivity index (χ0n) is 10.5. The number of carbonyl (C=O) groups is 2. The van der Waals surface area contributed by atoms with Crippen LogP contribution in [0.15, 0.2) is 12.2 Å². The highest BCUT2D eigenvalue weighted by atomic mass is 16.4. The zero-order valence-corrected chi connectivity index (χ0v) is 10.5. The maximum atomic E-state index is 11.8. The van der Waals surface area contributed by atoms with Crippen LogP contribution in [-0.2, 0) is 9.59 Å². The first kappa shape index (κ1) is 13.7. The lowest BCUT2D eigenvalue weighted by molar-refractivity contribution is -0.141. The van der Waals surface area contributed by atoms with Gasteiger partial charge in [-0.25, -0.2) is 0 Å². The van der Waals surface area contributed by atoms with E-state index >= 15 is 0 Å². The van der Waals surface area contributed by atoms with E-state index in [0.29, 0.717) is 19.3 Å². The minimum atomic E-state index is -0.753. The van der Waals surface area contributed by atoms with Crippen molar-refractivity contribution in [2.24, 2.45) is 11.8 Å². The summed E-state index contributed by atoms with van der Waals surface area (Å²) in [6.07, 6.45) is 2.67. The predicted octanol–water partition coefficient (Wildman–Crippen LogP) is 1.96. The summed E-state index contributed by atoms with van der Waals surface area (Å²) in [6, 6.07) is 0.0242. The fourth-order valence-electron chi connectivity index (χ4n) is 2.30. The summed E-state index contributed by atoms with van der Waals surface area (Å²) in [5.41, 5.74) is 0.988. The van der Waals surface area contributed by atoms with Crippen LogP contribution in [0.2, 0.25) is 0 Å². The Morgan fingerprint density at radius 3 is 2.59 bits per heavy atom. The highest BCUT2D eigenvalue weighted by Crippen LogP contribution is 2.26. The molecule has 0 bridgehead atoms. The first-order valence-corrected chi connectivity index (χ1v) is 6.07. The van der Waals surface area contributed by atoms with Crippen LogP contribution in [0.4, 0.5) is 0 Å². The predicted molar refractivity (Wildman–Crippen MR) is 65.5 cm³/mol. The third kappa shape index (κ3) is 4.21. The Bertz CT molecular complexity index is 325. The molecule has 1 fully saturated rings. The van der Waals surface area contributed by atoms with Crippen molar-refractivity contribution in [1.29, 1.82) is 0 Å². The third-order valence-corrected chi connectivity index (χ3v) is 3.23. The Labute approximate surface area is 102 Å². The Balaban J connectivity index is 2.37. The van der Waals surface area contributed by atoms with Crippen molar-refractivity contribution >= 4 is 11.9 Å². The number of carboxylic acids is 1. The van der Waals surface area contributed by atoms with Crippen molar-refractivity contribution in [3.05, 3.63) is 12.2 Å². The number of allylic oxidation sites excluding steroid dienone is 1. The van der Waals surface area contributed by atoms with E-state index in [1.165, 1.54) is 0 Å². The lowest BCUT2D eigenvalue weighted by atomic mass is 10.0. The Morgan fingerprint density at radius 1 is 1.47 bits per heavy atom. The van der Waals surface area contributed by atoms with Gasteiger partial charge in [-0.15, -0.1) is 6.58 Å². The quantitative estimate of drug-likeness (QED) is 0.721. The fraction of sp³-hybridized carbons (Fsp3) is 0.692. The summed E-state index contributed by atoms with van der Waals surface area (Å²) in [4.78, 5) is 22.6. The van der Waals surface area contributed by atoms with E-state index in [9.17, 15) is 9.59 Å². The van der Waals surface area contributed by atoms with Gasteiger partial charge in [-0.05, 0) is 32.6 Å². The smallest absolute Gasteiger partial charge is 0.306 e. The summed E-state index contributed by atoms with van der Waals surface area (Å²) >= 11 is 0. The van der Waals surface area contributed by atoms with Gasteiger partial charge in [0.15, 0.2) is 0 Å². The van der Waals surface area contributed by atoms with E-state index in [4.69, 9.17) is 5.11 Å². The summed E-state index contributed by atoms with van der Waals surface area (Å²) in [5.74, 6) is -1.13. The molecule has 17 heavy (non-hydrogen) atoms. The normalized spacial score (nSPS) is 25.3. The summed E-state index contributed by atoms with van der Waals surface area (Å²) in [6.45, 7) is 7.56. The van der Waals surface area contributed by atoms with E-state index in [0.717, 1.165) is 12.0 Å². The lowest BCUT2D eigenvalue weighted by Crippen LogP contribution is -2.37. The molecule has 96 valence electrons. The van der Waals surface area contributed by atoms with Crippen molar-refractivity contribution in [1.82, 2.24) is 5.32 Å². The van der Waals surface area contributed by atoms with E-state index in [2.05, 4.69) is 11.9 Å².